The molecule has 2 amide bonds. The van der Waals surface area contributed by atoms with E-state index in [2.05, 4.69) is 39.7 Å². The van der Waals surface area contributed by atoms with Gasteiger partial charge in [-0.2, -0.15) is 4.98 Å². The molecule has 2 aliphatic rings. The monoisotopic (exact) mass is 354 g/mol. The number of benzene rings is 1. The second-order valence-corrected chi connectivity index (χ2v) is 7.38. The zero-order valence-corrected chi connectivity index (χ0v) is 15.3. The summed E-state index contributed by atoms with van der Waals surface area (Å²) in [6, 6.07) is 8.54. The quantitative estimate of drug-likeness (QED) is 0.890. The molecule has 1 saturated carbocycles. The van der Waals surface area contributed by atoms with Crippen LogP contribution in [0.5, 0.6) is 0 Å². The molecule has 1 aromatic heterocycles. The van der Waals surface area contributed by atoms with Gasteiger partial charge in [-0.25, -0.2) is 4.79 Å². The maximum Gasteiger partial charge on any atom is 0.317 e. The first-order valence-electron chi connectivity index (χ1n) is 9.63. The fourth-order valence-electron chi connectivity index (χ4n) is 3.87. The Labute approximate surface area is 154 Å². The minimum Gasteiger partial charge on any atom is -0.339 e. The van der Waals surface area contributed by atoms with Gasteiger partial charge >= 0.3 is 6.03 Å². The minimum atomic E-state index is -0.0468. The molecular formula is C20H26N4O2. The van der Waals surface area contributed by atoms with E-state index in [0.717, 1.165) is 38.0 Å². The van der Waals surface area contributed by atoms with E-state index >= 15 is 0 Å². The summed E-state index contributed by atoms with van der Waals surface area (Å²) in [5, 5.41) is 7.02. The molecule has 26 heavy (non-hydrogen) atoms. The highest BCUT2D eigenvalue weighted by atomic mass is 16.5. The Bertz CT molecular complexity index is 769. The number of hydrogen-bond donors (Lipinski definition) is 1. The van der Waals surface area contributed by atoms with E-state index in [0.29, 0.717) is 24.7 Å². The number of carbonyl (C=O) groups excluding carboxylic acids is 1. The molecule has 1 aromatic carbocycles. The first-order valence-corrected chi connectivity index (χ1v) is 9.63. The van der Waals surface area contributed by atoms with Crippen LogP contribution in [0.3, 0.4) is 0 Å². The van der Waals surface area contributed by atoms with E-state index in [4.69, 9.17) is 4.52 Å². The number of nitrogens with one attached hydrogen (secondary N) is 1. The predicted molar refractivity (Wildman–Crippen MR) is 97.9 cm³/mol. The summed E-state index contributed by atoms with van der Waals surface area (Å²) in [5.41, 5.74) is 2.64. The van der Waals surface area contributed by atoms with E-state index in [1.54, 1.807) is 0 Å². The van der Waals surface area contributed by atoms with Crippen molar-refractivity contribution < 1.29 is 9.32 Å². The lowest BCUT2D eigenvalue weighted by molar-refractivity contribution is 0.184. The van der Waals surface area contributed by atoms with Crippen molar-refractivity contribution in [3.63, 3.8) is 0 Å². The molecule has 2 aliphatic carbocycles. The van der Waals surface area contributed by atoms with Gasteiger partial charge in [0.05, 0.1) is 6.04 Å². The first kappa shape index (κ1) is 17.1. The van der Waals surface area contributed by atoms with Crippen molar-refractivity contribution in [3.8, 4) is 0 Å². The first-order chi connectivity index (χ1) is 12.7. The predicted octanol–water partition coefficient (Wildman–Crippen LogP) is 3.60. The van der Waals surface area contributed by atoms with Crippen LogP contribution in [0.4, 0.5) is 4.79 Å². The second kappa shape index (κ2) is 7.48. The van der Waals surface area contributed by atoms with Gasteiger partial charge in [0.25, 0.3) is 0 Å². The molecule has 0 bridgehead atoms. The van der Waals surface area contributed by atoms with Gasteiger partial charge in [0, 0.05) is 25.9 Å². The zero-order valence-electron chi connectivity index (χ0n) is 15.3. The number of urea groups is 1. The molecule has 0 unspecified atom stereocenters. The summed E-state index contributed by atoms with van der Waals surface area (Å²) >= 11 is 0. The molecule has 1 heterocycles. The molecule has 6 nitrogen and oxygen atoms in total. The summed E-state index contributed by atoms with van der Waals surface area (Å²) in [7, 11) is 1.88. The van der Waals surface area contributed by atoms with Gasteiger partial charge in [0.2, 0.25) is 5.89 Å². The third-order valence-corrected chi connectivity index (χ3v) is 5.69. The summed E-state index contributed by atoms with van der Waals surface area (Å²) in [6.07, 6.45) is 7.36. The van der Waals surface area contributed by atoms with E-state index in [-0.39, 0.29) is 12.1 Å². The molecule has 138 valence electrons. The van der Waals surface area contributed by atoms with Crippen LogP contribution in [0.2, 0.25) is 0 Å². The molecule has 1 N–H and O–H groups in total. The highest BCUT2D eigenvalue weighted by Gasteiger charge is 2.27. The van der Waals surface area contributed by atoms with Crippen LogP contribution >= 0.6 is 0 Å². The molecule has 0 spiro atoms. The lowest BCUT2D eigenvalue weighted by atomic mass is 9.85. The molecule has 1 atom stereocenters. The fraction of sp³-hybridized carbons (Fsp3) is 0.550. The molecule has 0 saturated heterocycles. The lowest BCUT2D eigenvalue weighted by Crippen LogP contribution is -2.41. The standard InChI is InChI=1S/C20H26N4O2/c1-24(17-11-5-7-14-6-2-3-10-16(14)17)20(25)21-13-12-18-22-19(26-23-18)15-8-4-9-15/h2-3,6,10,15,17H,4-5,7-9,11-13H2,1H3,(H,21,25)/t17-/m1/s1. The average Bonchev–Trinajstić information content (AvgIpc) is 3.07. The summed E-state index contributed by atoms with van der Waals surface area (Å²) < 4.78 is 5.32. The fourth-order valence-corrected chi connectivity index (χ4v) is 3.87. The van der Waals surface area contributed by atoms with Crippen molar-refractivity contribution >= 4 is 6.03 Å². The average molecular weight is 354 g/mol. The number of carbonyl (C=O) groups is 1. The van der Waals surface area contributed by atoms with Gasteiger partial charge in [0.1, 0.15) is 0 Å². The number of nitrogens with zero attached hydrogens (tertiary/aromatic N) is 3. The van der Waals surface area contributed by atoms with Crippen LogP contribution < -0.4 is 5.32 Å². The molecular weight excluding hydrogens is 328 g/mol. The van der Waals surface area contributed by atoms with Gasteiger partial charge in [-0.3, -0.25) is 0 Å². The number of aromatic nitrogens is 2. The molecule has 2 aromatic rings. The minimum absolute atomic E-state index is 0.0468. The second-order valence-electron chi connectivity index (χ2n) is 7.38. The SMILES string of the molecule is CN(C(=O)NCCc1noc(C2CCC2)n1)[C@@H]1CCCc2ccccc21. The van der Waals surface area contributed by atoms with Crippen LogP contribution in [0.1, 0.15) is 66.9 Å². The highest BCUT2D eigenvalue weighted by Crippen LogP contribution is 2.35. The Morgan fingerprint density at radius 1 is 1.27 bits per heavy atom. The Hall–Kier alpha value is -2.37. The number of rotatable bonds is 5. The summed E-state index contributed by atoms with van der Waals surface area (Å²) in [5.74, 6) is 1.88. The van der Waals surface area contributed by atoms with E-state index in [1.807, 2.05) is 11.9 Å². The van der Waals surface area contributed by atoms with Crippen molar-refractivity contribution in [3.05, 3.63) is 47.1 Å². The van der Waals surface area contributed by atoms with Crippen LogP contribution in [-0.4, -0.2) is 34.7 Å². The maximum absolute atomic E-state index is 12.6. The van der Waals surface area contributed by atoms with Crippen LogP contribution in [0.25, 0.3) is 0 Å². The van der Waals surface area contributed by atoms with Gasteiger partial charge in [-0.1, -0.05) is 35.8 Å². The Balaban J connectivity index is 1.30. The number of aryl methyl sites for hydroxylation is 1. The normalized spacial score (nSPS) is 19.5. The third-order valence-electron chi connectivity index (χ3n) is 5.69. The molecule has 1 fully saturated rings. The van der Waals surface area contributed by atoms with E-state index < -0.39 is 0 Å². The topological polar surface area (TPSA) is 71.3 Å². The van der Waals surface area contributed by atoms with Crippen molar-refractivity contribution in [2.45, 2.75) is 56.9 Å². The van der Waals surface area contributed by atoms with Crippen molar-refractivity contribution in [1.82, 2.24) is 20.4 Å². The van der Waals surface area contributed by atoms with Crippen molar-refractivity contribution in [2.24, 2.45) is 0 Å². The number of fused-ring (bicyclic) bond motifs is 1. The summed E-state index contributed by atoms with van der Waals surface area (Å²) in [6.45, 7) is 0.515. The van der Waals surface area contributed by atoms with Crippen LogP contribution in [0, 0.1) is 0 Å². The molecule has 6 heteroatoms. The van der Waals surface area contributed by atoms with Crippen molar-refractivity contribution in [2.75, 3.05) is 13.6 Å². The van der Waals surface area contributed by atoms with Gasteiger partial charge in [0.15, 0.2) is 5.82 Å². The Morgan fingerprint density at radius 3 is 2.92 bits per heavy atom. The van der Waals surface area contributed by atoms with Crippen molar-refractivity contribution in [1.29, 1.82) is 0 Å². The Morgan fingerprint density at radius 2 is 2.12 bits per heavy atom. The van der Waals surface area contributed by atoms with Crippen LogP contribution in [-0.2, 0) is 12.8 Å². The molecule has 4 rings (SSSR count). The third kappa shape index (κ3) is 3.45. The largest absolute Gasteiger partial charge is 0.339 e. The van der Waals surface area contributed by atoms with E-state index in [1.165, 1.54) is 17.5 Å². The molecule has 0 radical (unpaired) electrons. The summed E-state index contributed by atoms with van der Waals surface area (Å²) in [4.78, 5) is 18.8. The van der Waals surface area contributed by atoms with Gasteiger partial charge < -0.3 is 14.7 Å². The smallest absolute Gasteiger partial charge is 0.317 e. The van der Waals surface area contributed by atoms with Gasteiger partial charge in [-0.05, 0) is 43.2 Å². The molecule has 0 aliphatic heterocycles. The van der Waals surface area contributed by atoms with Gasteiger partial charge in [-0.15, -0.1) is 0 Å². The lowest BCUT2D eigenvalue weighted by Gasteiger charge is -2.33. The number of hydrogen-bond acceptors (Lipinski definition) is 4. The van der Waals surface area contributed by atoms with Crippen LogP contribution in [0.15, 0.2) is 28.8 Å². The maximum atomic E-state index is 12.6. The highest BCUT2D eigenvalue weighted by molar-refractivity contribution is 5.74. The van der Waals surface area contributed by atoms with E-state index in [9.17, 15) is 4.79 Å². The Kier molecular flexibility index (Phi) is 4.91. The number of amides is 2. The zero-order chi connectivity index (χ0) is 17.9.